The Balaban J connectivity index is 4.47. The molecule has 3 N–H and O–H groups in total. The molecule has 0 aliphatic rings. The van der Waals surface area contributed by atoms with Gasteiger partial charge in [0.1, 0.15) is 0 Å². The summed E-state index contributed by atoms with van der Waals surface area (Å²) in [5.41, 5.74) is 0. The zero-order valence-electron chi connectivity index (χ0n) is 5.76. The average Bonchev–Trinajstić information content (AvgIpc) is 1.56. The highest BCUT2D eigenvalue weighted by Gasteiger charge is 2.22. The summed E-state index contributed by atoms with van der Waals surface area (Å²) in [5, 5.41) is 3.15. The first-order valence-electron chi connectivity index (χ1n) is 2.59. The van der Waals surface area contributed by atoms with Crippen molar-refractivity contribution in [2.75, 3.05) is 5.75 Å². The molecule has 0 aliphatic carbocycles. The Labute approximate surface area is 65.2 Å². The Morgan fingerprint density at radius 3 is 1.82 bits per heavy atom. The fourth-order valence-corrected chi connectivity index (χ4v) is 2.32. The molecule has 0 rings (SSSR count). The van der Waals surface area contributed by atoms with Gasteiger partial charge in [-0.25, -0.2) is 13.6 Å². The van der Waals surface area contributed by atoms with E-state index in [1.165, 1.54) is 0 Å². The molecule has 0 fully saturated rings. The minimum absolute atomic E-state index is 0.772. The van der Waals surface area contributed by atoms with Crippen LogP contribution in [0.5, 0.6) is 0 Å². The summed E-state index contributed by atoms with van der Waals surface area (Å²) in [4.78, 5) is 0. The van der Waals surface area contributed by atoms with Crippen LogP contribution in [0.3, 0.4) is 0 Å². The number of primary sulfonamides is 1. The molecular weight excluding hydrogens is 194 g/mol. The molecule has 0 heterocycles. The van der Waals surface area contributed by atoms with Crippen LogP contribution in [-0.2, 0) is 20.1 Å². The van der Waals surface area contributed by atoms with Crippen molar-refractivity contribution < 1.29 is 21.4 Å². The van der Waals surface area contributed by atoms with Crippen molar-refractivity contribution in [2.45, 2.75) is 12.2 Å². The first-order chi connectivity index (χ1) is 4.63. The van der Waals surface area contributed by atoms with Crippen LogP contribution >= 0.6 is 0 Å². The summed E-state index contributed by atoms with van der Waals surface area (Å²) in [6.07, 6.45) is 0. The van der Waals surface area contributed by atoms with Crippen LogP contribution in [0.25, 0.3) is 0 Å². The van der Waals surface area contributed by atoms with Gasteiger partial charge in [-0.2, -0.15) is 8.42 Å². The van der Waals surface area contributed by atoms with Crippen molar-refractivity contribution >= 4 is 20.1 Å². The standard InChI is InChI=1S/C3H9NO5S2/c1-3(11(7,8)9)2-10(4,5)6/h3H,2H2,1H3,(H2,4,5,6)(H,7,8,9). The second kappa shape index (κ2) is 3.05. The number of nitrogens with two attached hydrogens (primary N) is 1. The van der Waals surface area contributed by atoms with Gasteiger partial charge in [0.25, 0.3) is 10.1 Å². The van der Waals surface area contributed by atoms with E-state index in [1.54, 1.807) is 0 Å². The van der Waals surface area contributed by atoms with Crippen molar-refractivity contribution in [2.24, 2.45) is 5.14 Å². The van der Waals surface area contributed by atoms with Gasteiger partial charge in [0.05, 0.1) is 11.0 Å². The van der Waals surface area contributed by atoms with E-state index < -0.39 is 31.1 Å². The molecule has 1 atom stereocenters. The molecule has 0 amide bonds. The molecule has 0 spiro atoms. The van der Waals surface area contributed by atoms with Gasteiger partial charge in [0, 0.05) is 0 Å². The number of rotatable bonds is 3. The van der Waals surface area contributed by atoms with E-state index in [1.807, 2.05) is 0 Å². The van der Waals surface area contributed by atoms with Crippen LogP contribution < -0.4 is 5.14 Å². The van der Waals surface area contributed by atoms with Gasteiger partial charge < -0.3 is 0 Å². The Bertz CT molecular complexity index is 314. The molecule has 68 valence electrons. The molecule has 0 aromatic heterocycles. The van der Waals surface area contributed by atoms with Crippen LogP contribution in [0, 0.1) is 0 Å². The molecule has 6 nitrogen and oxygen atoms in total. The fourth-order valence-electron chi connectivity index (χ4n) is 0.413. The van der Waals surface area contributed by atoms with Crippen LogP contribution in [-0.4, -0.2) is 32.4 Å². The predicted molar refractivity (Wildman–Crippen MR) is 39.0 cm³/mol. The third kappa shape index (κ3) is 5.13. The Hall–Kier alpha value is -0.180. The molecule has 0 aromatic carbocycles. The monoisotopic (exact) mass is 203 g/mol. The van der Waals surface area contributed by atoms with Crippen molar-refractivity contribution in [1.82, 2.24) is 0 Å². The second-order valence-electron chi connectivity index (χ2n) is 2.16. The molecule has 0 saturated carbocycles. The molecule has 1 unspecified atom stereocenters. The van der Waals surface area contributed by atoms with Gasteiger partial charge in [0.15, 0.2) is 0 Å². The minimum Gasteiger partial charge on any atom is -0.285 e. The maximum atomic E-state index is 10.3. The lowest BCUT2D eigenvalue weighted by Crippen LogP contribution is -2.30. The third-order valence-electron chi connectivity index (χ3n) is 0.975. The van der Waals surface area contributed by atoms with Gasteiger partial charge >= 0.3 is 0 Å². The molecular formula is C3H9NO5S2. The number of hydrogen-bond acceptors (Lipinski definition) is 4. The highest BCUT2D eigenvalue weighted by molar-refractivity contribution is 7.91. The first kappa shape index (κ1) is 10.8. The highest BCUT2D eigenvalue weighted by Crippen LogP contribution is 1.98. The SMILES string of the molecule is CC(CS(N)(=O)=O)S(=O)(=O)O. The van der Waals surface area contributed by atoms with Crippen LogP contribution in [0.1, 0.15) is 6.92 Å². The molecule has 0 saturated heterocycles. The van der Waals surface area contributed by atoms with E-state index in [-0.39, 0.29) is 0 Å². The molecule has 8 heteroatoms. The smallest absolute Gasteiger partial charge is 0.268 e. The fraction of sp³-hybridized carbons (Fsp3) is 1.00. The van der Waals surface area contributed by atoms with Crippen LogP contribution in [0.15, 0.2) is 0 Å². The van der Waals surface area contributed by atoms with Crippen molar-refractivity contribution in [3.8, 4) is 0 Å². The van der Waals surface area contributed by atoms with E-state index in [0.717, 1.165) is 6.92 Å². The predicted octanol–water partition coefficient (Wildman–Crippen LogP) is -1.45. The van der Waals surface area contributed by atoms with E-state index in [0.29, 0.717) is 0 Å². The van der Waals surface area contributed by atoms with Crippen molar-refractivity contribution in [3.63, 3.8) is 0 Å². The topological polar surface area (TPSA) is 115 Å². The van der Waals surface area contributed by atoms with Gasteiger partial charge in [-0.3, -0.25) is 4.55 Å². The van der Waals surface area contributed by atoms with Gasteiger partial charge in [-0.05, 0) is 6.92 Å². The van der Waals surface area contributed by atoms with Crippen molar-refractivity contribution in [1.29, 1.82) is 0 Å². The lowest BCUT2D eigenvalue weighted by molar-refractivity contribution is 0.473. The summed E-state index contributed by atoms with van der Waals surface area (Å²) < 4.78 is 49.4. The Morgan fingerprint density at radius 1 is 1.36 bits per heavy atom. The number of hydrogen-bond donors (Lipinski definition) is 2. The molecule has 0 aromatic rings. The largest absolute Gasteiger partial charge is 0.285 e. The first-order valence-corrected chi connectivity index (χ1v) is 5.81. The van der Waals surface area contributed by atoms with Gasteiger partial charge in [0.2, 0.25) is 10.0 Å². The van der Waals surface area contributed by atoms with E-state index in [4.69, 9.17) is 4.55 Å². The number of sulfonamides is 1. The molecule has 0 radical (unpaired) electrons. The van der Waals surface area contributed by atoms with Gasteiger partial charge in [-0.15, -0.1) is 0 Å². The second-order valence-corrected chi connectivity index (χ2v) is 5.65. The van der Waals surface area contributed by atoms with E-state index in [9.17, 15) is 16.8 Å². The zero-order chi connectivity index (χ0) is 9.28. The normalized spacial score (nSPS) is 16.3. The van der Waals surface area contributed by atoms with E-state index >= 15 is 0 Å². The van der Waals surface area contributed by atoms with Crippen molar-refractivity contribution in [3.05, 3.63) is 0 Å². The van der Waals surface area contributed by atoms with Crippen LogP contribution in [0.2, 0.25) is 0 Å². The lowest BCUT2D eigenvalue weighted by atomic mass is 10.6. The molecule has 0 bridgehead atoms. The summed E-state index contributed by atoms with van der Waals surface area (Å²) in [7, 11) is -8.14. The third-order valence-corrected chi connectivity index (χ3v) is 3.33. The molecule has 0 aliphatic heterocycles. The summed E-state index contributed by atoms with van der Waals surface area (Å²) in [5.74, 6) is -0.772. The summed E-state index contributed by atoms with van der Waals surface area (Å²) >= 11 is 0. The quantitative estimate of drug-likeness (QED) is 0.544. The maximum Gasteiger partial charge on any atom is 0.268 e. The summed E-state index contributed by atoms with van der Waals surface area (Å²) in [6.45, 7) is 1.06. The minimum atomic E-state index is -4.30. The average molecular weight is 203 g/mol. The van der Waals surface area contributed by atoms with Crippen LogP contribution in [0.4, 0.5) is 0 Å². The highest BCUT2D eigenvalue weighted by atomic mass is 32.2. The Kier molecular flexibility index (Phi) is 3.00. The molecule has 11 heavy (non-hydrogen) atoms. The summed E-state index contributed by atoms with van der Waals surface area (Å²) in [6, 6.07) is 0. The van der Waals surface area contributed by atoms with E-state index in [2.05, 4.69) is 5.14 Å². The zero-order valence-corrected chi connectivity index (χ0v) is 7.39. The maximum absolute atomic E-state index is 10.3. The Morgan fingerprint density at radius 2 is 1.73 bits per heavy atom. The van der Waals surface area contributed by atoms with Gasteiger partial charge in [-0.1, -0.05) is 0 Å². The lowest BCUT2D eigenvalue weighted by Gasteiger charge is -2.04.